The molecule has 7 heteroatoms. The number of amides is 1. The largest absolute Gasteiger partial charge is 0.340 e. The maximum absolute atomic E-state index is 12.1. The summed E-state index contributed by atoms with van der Waals surface area (Å²) in [5, 5.41) is 3.98. The van der Waals surface area contributed by atoms with E-state index in [-0.39, 0.29) is 5.91 Å². The predicted octanol–water partition coefficient (Wildman–Crippen LogP) is 1.30. The fourth-order valence-corrected chi connectivity index (χ4v) is 2.37. The summed E-state index contributed by atoms with van der Waals surface area (Å²) in [6.45, 7) is 5.66. The molecule has 1 amide bonds. The Morgan fingerprint density at radius 2 is 2.11 bits per heavy atom. The van der Waals surface area contributed by atoms with Crippen molar-refractivity contribution in [1.29, 1.82) is 0 Å². The molecule has 1 fully saturated rings. The highest BCUT2D eigenvalue weighted by Crippen LogP contribution is 2.22. The first kappa shape index (κ1) is 14.7. The van der Waals surface area contributed by atoms with Gasteiger partial charge in [0.2, 0.25) is 0 Å². The monoisotopic (exact) mass is 304 g/mol. The van der Waals surface area contributed by atoms with Crippen LogP contribution in [0.3, 0.4) is 0 Å². The number of likely N-dealkylation sites (N-methyl/N-ethyl adjacent to an activating group) is 1. The smallest absolute Gasteiger partial charge is 0.270 e. The molecule has 0 atom stereocenters. The minimum atomic E-state index is -0.0936. The molecule has 0 unspecified atom stereocenters. The maximum atomic E-state index is 12.1. The van der Waals surface area contributed by atoms with Crippen LogP contribution < -0.4 is 5.32 Å². The van der Waals surface area contributed by atoms with Gasteiger partial charge in [-0.25, -0.2) is 0 Å². The van der Waals surface area contributed by atoms with Crippen LogP contribution in [0.15, 0.2) is 6.07 Å². The standard InChI is InChI=1S/C12H18Cl2N4O/c1-17(6-7-18-4-2-15-3-5-18)12(19)10-8-9(13)11(14)16-10/h8,15-16H,2-7H2,1H3. The van der Waals surface area contributed by atoms with Gasteiger partial charge in [0.05, 0.1) is 5.02 Å². The van der Waals surface area contributed by atoms with Crippen molar-refractivity contribution < 1.29 is 4.79 Å². The summed E-state index contributed by atoms with van der Waals surface area (Å²) in [6.07, 6.45) is 0. The quantitative estimate of drug-likeness (QED) is 0.881. The molecule has 1 aliphatic heterocycles. The fourth-order valence-electron chi connectivity index (χ4n) is 2.05. The van der Waals surface area contributed by atoms with Crippen molar-refractivity contribution in [1.82, 2.24) is 20.1 Å². The highest BCUT2D eigenvalue weighted by atomic mass is 35.5. The van der Waals surface area contributed by atoms with Gasteiger partial charge in [0, 0.05) is 46.3 Å². The van der Waals surface area contributed by atoms with Crippen molar-refractivity contribution >= 4 is 29.1 Å². The Balaban J connectivity index is 1.85. The van der Waals surface area contributed by atoms with Crippen LogP contribution in [0.4, 0.5) is 0 Å². The van der Waals surface area contributed by atoms with Gasteiger partial charge < -0.3 is 15.2 Å². The zero-order chi connectivity index (χ0) is 13.8. The first-order valence-corrected chi connectivity index (χ1v) is 7.06. The molecular weight excluding hydrogens is 287 g/mol. The molecule has 0 radical (unpaired) electrons. The highest BCUT2D eigenvalue weighted by molar-refractivity contribution is 6.41. The summed E-state index contributed by atoms with van der Waals surface area (Å²) < 4.78 is 0. The average Bonchev–Trinajstić information content (AvgIpc) is 2.76. The van der Waals surface area contributed by atoms with Crippen LogP contribution in [-0.2, 0) is 0 Å². The van der Waals surface area contributed by atoms with Gasteiger partial charge in [-0.15, -0.1) is 0 Å². The Hall–Kier alpha value is -0.750. The number of rotatable bonds is 4. The SMILES string of the molecule is CN(CCN1CCNCC1)C(=O)c1cc(Cl)c(Cl)[nH]1. The van der Waals surface area contributed by atoms with E-state index < -0.39 is 0 Å². The van der Waals surface area contributed by atoms with E-state index in [1.165, 1.54) is 0 Å². The number of H-pyrrole nitrogens is 1. The second-order valence-electron chi connectivity index (χ2n) is 4.66. The number of aromatic amines is 1. The topological polar surface area (TPSA) is 51.4 Å². The van der Waals surface area contributed by atoms with E-state index in [1.54, 1.807) is 18.0 Å². The molecule has 1 aromatic rings. The van der Waals surface area contributed by atoms with E-state index >= 15 is 0 Å². The normalized spacial score (nSPS) is 16.6. The molecule has 2 rings (SSSR count). The van der Waals surface area contributed by atoms with Crippen LogP contribution in [0.2, 0.25) is 10.2 Å². The highest BCUT2D eigenvalue weighted by Gasteiger charge is 2.17. The Bertz CT molecular complexity index is 423. The van der Waals surface area contributed by atoms with Gasteiger partial charge in [0.25, 0.3) is 5.91 Å². The van der Waals surface area contributed by atoms with E-state index in [4.69, 9.17) is 23.2 Å². The van der Waals surface area contributed by atoms with Crippen molar-refractivity contribution in [2.75, 3.05) is 46.3 Å². The van der Waals surface area contributed by atoms with Gasteiger partial charge in [0.1, 0.15) is 10.8 Å². The van der Waals surface area contributed by atoms with E-state index in [2.05, 4.69) is 15.2 Å². The Morgan fingerprint density at radius 1 is 1.42 bits per heavy atom. The lowest BCUT2D eigenvalue weighted by atomic mass is 10.3. The number of halogens is 2. The van der Waals surface area contributed by atoms with Crippen LogP contribution in [0.1, 0.15) is 10.5 Å². The van der Waals surface area contributed by atoms with E-state index in [0.29, 0.717) is 22.4 Å². The molecule has 0 aromatic carbocycles. The second-order valence-corrected chi connectivity index (χ2v) is 5.45. The number of hydrogen-bond donors (Lipinski definition) is 2. The molecule has 0 spiro atoms. The van der Waals surface area contributed by atoms with E-state index in [1.807, 2.05) is 0 Å². The molecule has 0 saturated carbocycles. The van der Waals surface area contributed by atoms with Crippen LogP contribution >= 0.6 is 23.2 Å². The number of piperazine rings is 1. The third kappa shape index (κ3) is 3.86. The molecule has 19 heavy (non-hydrogen) atoms. The van der Waals surface area contributed by atoms with Crippen molar-refractivity contribution in [2.45, 2.75) is 0 Å². The summed E-state index contributed by atoms with van der Waals surface area (Å²) in [5.41, 5.74) is 0.429. The predicted molar refractivity (Wildman–Crippen MR) is 77.1 cm³/mol. The van der Waals surface area contributed by atoms with Gasteiger partial charge in [0.15, 0.2) is 0 Å². The summed E-state index contributed by atoms with van der Waals surface area (Å²) >= 11 is 11.6. The molecule has 0 bridgehead atoms. The van der Waals surface area contributed by atoms with E-state index in [0.717, 1.165) is 32.7 Å². The fraction of sp³-hybridized carbons (Fsp3) is 0.583. The van der Waals surface area contributed by atoms with Crippen molar-refractivity contribution in [2.24, 2.45) is 0 Å². The molecule has 0 aliphatic carbocycles. The summed E-state index contributed by atoms with van der Waals surface area (Å²) in [7, 11) is 1.78. The molecule has 2 heterocycles. The van der Waals surface area contributed by atoms with Gasteiger partial charge in [-0.3, -0.25) is 9.69 Å². The molecule has 1 aromatic heterocycles. The minimum Gasteiger partial charge on any atom is -0.340 e. The zero-order valence-corrected chi connectivity index (χ0v) is 12.4. The number of nitrogens with zero attached hydrogens (tertiary/aromatic N) is 2. The first-order chi connectivity index (χ1) is 9.08. The van der Waals surface area contributed by atoms with Crippen LogP contribution in [0.5, 0.6) is 0 Å². The lowest BCUT2D eigenvalue weighted by molar-refractivity contribution is 0.0770. The third-order valence-corrected chi connectivity index (χ3v) is 3.96. The molecule has 1 saturated heterocycles. The molecule has 1 aliphatic rings. The lowest BCUT2D eigenvalue weighted by Gasteiger charge is -2.29. The molecule has 5 nitrogen and oxygen atoms in total. The van der Waals surface area contributed by atoms with Gasteiger partial charge in [-0.05, 0) is 6.07 Å². The molecular formula is C12H18Cl2N4O. The van der Waals surface area contributed by atoms with Crippen molar-refractivity contribution in [3.05, 3.63) is 21.9 Å². The summed E-state index contributed by atoms with van der Waals surface area (Å²) in [4.78, 5) is 18.9. The second kappa shape index (κ2) is 6.61. The van der Waals surface area contributed by atoms with Crippen LogP contribution in [0.25, 0.3) is 0 Å². The third-order valence-electron chi connectivity index (χ3n) is 3.26. The summed E-state index contributed by atoms with van der Waals surface area (Å²) in [5.74, 6) is -0.0936. The van der Waals surface area contributed by atoms with Crippen molar-refractivity contribution in [3.8, 4) is 0 Å². The van der Waals surface area contributed by atoms with Crippen molar-refractivity contribution in [3.63, 3.8) is 0 Å². The molecule has 106 valence electrons. The maximum Gasteiger partial charge on any atom is 0.270 e. The van der Waals surface area contributed by atoms with Gasteiger partial charge >= 0.3 is 0 Å². The number of carbonyl (C=O) groups excluding carboxylic acids is 1. The lowest BCUT2D eigenvalue weighted by Crippen LogP contribution is -2.46. The van der Waals surface area contributed by atoms with Gasteiger partial charge in [-0.2, -0.15) is 0 Å². The minimum absolute atomic E-state index is 0.0936. The van der Waals surface area contributed by atoms with Crippen LogP contribution in [-0.4, -0.2) is 67.0 Å². The summed E-state index contributed by atoms with van der Waals surface area (Å²) in [6, 6.07) is 1.56. The Kier molecular flexibility index (Phi) is 5.10. The zero-order valence-electron chi connectivity index (χ0n) is 10.9. The first-order valence-electron chi connectivity index (χ1n) is 6.30. The number of hydrogen-bond acceptors (Lipinski definition) is 3. The number of aromatic nitrogens is 1. The average molecular weight is 305 g/mol. The van der Waals surface area contributed by atoms with Gasteiger partial charge in [-0.1, -0.05) is 23.2 Å². The Morgan fingerprint density at radius 3 is 2.68 bits per heavy atom. The van der Waals surface area contributed by atoms with Crippen LogP contribution in [0, 0.1) is 0 Å². The number of carbonyl (C=O) groups is 1. The van der Waals surface area contributed by atoms with E-state index in [9.17, 15) is 4.79 Å². The Labute approximate surface area is 122 Å². The number of nitrogens with one attached hydrogen (secondary N) is 2. The molecule has 2 N–H and O–H groups in total.